The van der Waals surface area contributed by atoms with Crippen molar-refractivity contribution in [3.63, 3.8) is 0 Å². The number of thioether (sulfide) groups is 1. The third-order valence-electron chi connectivity index (χ3n) is 5.14. The van der Waals surface area contributed by atoms with E-state index in [1.54, 1.807) is 25.1 Å². The molecule has 0 spiro atoms. The third-order valence-corrected chi connectivity index (χ3v) is 6.01. The summed E-state index contributed by atoms with van der Waals surface area (Å²) in [5, 5.41) is 19.9. The van der Waals surface area contributed by atoms with Crippen LogP contribution in [-0.4, -0.2) is 27.1 Å². The lowest BCUT2D eigenvalue weighted by Gasteiger charge is -2.12. The number of imide groups is 1. The normalized spacial score (nSPS) is 14.8. The molecule has 1 aliphatic heterocycles. The lowest BCUT2D eigenvalue weighted by molar-refractivity contribution is -0.384. The zero-order chi connectivity index (χ0) is 23.9. The Morgan fingerprint density at radius 1 is 1.09 bits per heavy atom. The van der Waals surface area contributed by atoms with Gasteiger partial charge in [-0.2, -0.15) is 0 Å². The number of hydrogen-bond donors (Lipinski definition) is 1. The van der Waals surface area contributed by atoms with Gasteiger partial charge in [0.15, 0.2) is 0 Å². The van der Waals surface area contributed by atoms with Crippen molar-refractivity contribution in [1.29, 1.82) is 0 Å². The molecule has 2 amide bonds. The summed E-state index contributed by atoms with van der Waals surface area (Å²) < 4.78 is 5.74. The standard InChI is InChI=1S/C23H16N2O7S/c1-12-9-17(18(25(30)31)10-13(12)2)19-8-7-16(32-19)11-20-21(26)24(23(29)33-20)15-5-3-14(4-6-15)22(27)28/h3-11H,1-2H3,(H,27,28). The largest absolute Gasteiger partial charge is 0.478 e. The first-order chi connectivity index (χ1) is 15.7. The number of nitro benzene ring substituents is 1. The average molecular weight is 464 g/mol. The van der Waals surface area contributed by atoms with Crippen molar-refractivity contribution in [3.8, 4) is 11.3 Å². The summed E-state index contributed by atoms with van der Waals surface area (Å²) in [6.45, 7) is 3.62. The van der Waals surface area contributed by atoms with E-state index in [-0.39, 0.29) is 33.4 Å². The second-order valence-corrected chi connectivity index (χ2v) is 8.28. The molecule has 0 bridgehead atoms. The summed E-state index contributed by atoms with van der Waals surface area (Å²) >= 11 is 0.713. The molecule has 2 heterocycles. The summed E-state index contributed by atoms with van der Waals surface area (Å²) in [5.74, 6) is -1.18. The van der Waals surface area contributed by atoms with E-state index in [4.69, 9.17) is 9.52 Å². The van der Waals surface area contributed by atoms with Gasteiger partial charge in [0.25, 0.3) is 16.8 Å². The molecule has 166 valence electrons. The Balaban J connectivity index is 1.63. The second-order valence-electron chi connectivity index (χ2n) is 7.28. The van der Waals surface area contributed by atoms with Gasteiger partial charge in [-0.3, -0.25) is 19.7 Å². The minimum absolute atomic E-state index is 0.0322. The number of carboxylic acid groups (broad SMARTS) is 1. The predicted molar refractivity (Wildman–Crippen MR) is 122 cm³/mol. The van der Waals surface area contributed by atoms with Gasteiger partial charge in [0.2, 0.25) is 0 Å². The molecule has 0 aliphatic carbocycles. The van der Waals surface area contributed by atoms with Crippen molar-refractivity contribution in [1.82, 2.24) is 0 Å². The fourth-order valence-electron chi connectivity index (χ4n) is 3.30. The van der Waals surface area contributed by atoms with Gasteiger partial charge in [-0.1, -0.05) is 0 Å². The Kier molecular flexibility index (Phi) is 5.60. The molecule has 9 nitrogen and oxygen atoms in total. The maximum atomic E-state index is 12.8. The molecule has 1 saturated heterocycles. The van der Waals surface area contributed by atoms with E-state index in [2.05, 4.69) is 0 Å². The first-order valence-corrected chi connectivity index (χ1v) is 10.4. The van der Waals surface area contributed by atoms with Crippen molar-refractivity contribution in [2.75, 3.05) is 4.90 Å². The van der Waals surface area contributed by atoms with Gasteiger partial charge < -0.3 is 9.52 Å². The Morgan fingerprint density at radius 2 is 1.76 bits per heavy atom. The maximum absolute atomic E-state index is 12.8. The van der Waals surface area contributed by atoms with Gasteiger partial charge in [0.1, 0.15) is 11.5 Å². The number of furan rings is 1. The van der Waals surface area contributed by atoms with Crippen LogP contribution in [-0.2, 0) is 4.79 Å². The SMILES string of the molecule is Cc1cc(-c2ccc(C=C3SC(=O)N(c4ccc(C(=O)O)cc4)C3=O)o2)c([N+](=O)[O-])cc1C. The Labute approximate surface area is 191 Å². The number of nitro groups is 1. The smallest absolute Gasteiger partial charge is 0.335 e. The van der Waals surface area contributed by atoms with Crippen LogP contribution >= 0.6 is 11.8 Å². The molecule has 0 radical (unpaired) electrons. The van der Waals surface area contributed by atoms with E-state index in [1.807, 2.05) is 6.92 Å². The lowest BCUT2D eigenvalue weighted by Crippen LogP contribution is -2.27. The van der Waals surface area contributed by atoms with E-state index in [1.165, 1.54) is 36.4 Å². The van der Waals surface area contributed by atoms with Crippen LogP contribution in [0.3, 0.4) is 0 Å². The van der Waals surface area contributed by atoms with E-state index >= 15 is 0 Å². The van der Waals surface area contributed by atoms with Crippen LogP contribution in [0.15, 0.2) is 57.9 Å². The second kappa shape index (κ2) is 8.40. The van der Waals surface area contributed by atoms with Crippen LogP contribution in [0.1, 0.15) is 27.2 Å². The van der Waals surface area contributed by atoms with Crippen LogP contribution in [0.4, 0.5) is 16.2 Å². The summed E-state index contributed by atoms with van der Waals surface area (Å²) in [6.07, 6.45) is 1.40. The van der Waals surface area contributed by atoms with Gasteiger partial charge >= 0.3 is 5.97 Å². The van der Waals surface area contributed by atoms with E-state index < -0.39 is 22.0 Å². The molecule has 1 N–H and O–H groups in total. The number of carbonyl (C=O) groups excluding carboxylic acids is 2. The van der Waals surface area contributed by atoms with Crippen molar-refractivity contribution >= 4 is 46.3 Å². The van der Waals surface area contributed by atoms with Gasteiger partial charge in [-0.15, -0.1) is 0 Å². The fourth-order valence-corrected chi connectivity index (χ4v) is 4.12. The number of aromatic carboxylic acids is 1. The molecule has 4 rings (SSSR count). The molecular formula is C23H16N2O7S. The summed E-state index contributed by atoms with van der Waals surface area (Å²) in [7, 11) is 0. The molecule has 1 aliphatic rings. The zero-order valence-electron chi connectivity index (χ0n) is 17.4. The molecule has 1 fully saturated rings. The van der Waals surface area contributed by atoms with E-state index in [0.717, 1.165) is 16.0 Å². The number of carboxylic acids is 1. The minimum Gasteiger partial charge on any atom is -0.478 e. The number of anilines is 1. The number of benzene rings is 2. The van der Waals surface area contributed by atoms with Gasteiger partial charge in [-0.25, -0.2) is 9.69 Å². The zero-order valence-corrected chi connectivity index (χ0v) is 18.2. The fraction of sp³-hybridized carbons (Fsp3) is 0.0870. The van der Waals surface area contributed by atoms with Crippen molar-refractivity contribution in [2.24, 2.45) is 0 Å². The molecule has 33 heavy (non-hydrogen) atoms. The van der Waals surface area contributed by atoms with Crippen LogP contribution in [0.25, 0.3) is 17.4 Å². The quantitative estimate of drug-likeness (QED) is 0.301. The number of carbonyl (C=O) groups is 3. The van der Waals surface area contributed by atoms with Gasteiger partial charge in [0, 0.05) is 12.1 Å². The highest BCUT2D eigenvalue weighted by Gasteiger charge is 2.36. The Bertz CT molecular complexity index is 1360. The highest BCUT2D eigenvalue weighted by molar-refractivity contribution is 8.19. The highest BCUT2D eigenvalue weighted by atomic mass is 32.2. The van der Waals surface area contributed by atoms with Gasteiger partial charge in [-0.05, 0) is 79.2 Å². The number of nitrogens with zero attached hydrogens (tertiary/aromatic N) is 2. The number of amides is 2. The first-order valence-electron chi connectivity index (χ1n) is 9.63. The maximum Gasteiger partial charge on any atom is 0.335 e. The number of hydrogen-bond acceptors (Lipinski definition) is 7. The third kappa shape index (κ3) is 4.15. The van der Waals surface area contributed by atoms with Crippen LogP contribution < -0.4 is 4.90 Å². The molecule has 0 unspecified atom stereocenters. The molecule has 2 aromatic carbocycles. The van der Waals surface area contributed by atoms with E-state index in [0.29, 0.717) is 17.3 Å². The average Bonchev–Trinajstić information content (AvgIpc) is 3.34. The van der Waals surface area contributed by atoms with Gasteiger partial charge in [0.05, 0.1) is 26.6 Å². The summed E-state index contributed by atoms with van der Waals surface area (Å²) in [5.41, 5.74) is 2.14. The van der Waals surface area contributed by atoms with Crippen LogP contribution in [0, 0.1) is 24.0 Å². The molecular weight excluding hydrogens is 448 g/mol. The molecule has 0 saturated carbocycles. The number of aryl methyl sites for hydroxylation is 2. The minimum atomic E-state index is -1.12. The van der Waals surface area contributed by atoms with Crippen LogP contribution in [0.5, 0.6) is 0 Å². The predicted octanol–water partition coefficient (Wildman–Crippen LogP) is 5.41. The van der Waals surface area contributed by atoms with Crippen molar-refractivity contribution in [3.05, 3.63) is 86.0 Å². The van der Waals surface area contributed by atoms with E-state index in [9.17, 15) is 24.5 Å². The topological polar surface area (TPSA) is 131 Å². The molecule has 10 heteroatoms. The number of rotatable bonds is 5. The molecule has 1 aromatic heterocycles. The van der Waals surface area contributed by atoms with Crippen LogP contribution in [0.2, 0.25) is 0 Å². The lowest BCUT2D eigenvalue weighted by atomic mass is 10.0. The Morgan fingerprint density at radius 3 is 2.39 bits per heavy atom. The monoisotopic (exact) mass is 464 g/mol. The van der Waals surface area contributed by atoms with Crippen molar-refractivity contribution < 1.29 is 28.8 Å². The van der Waals surface area contributed by atoms with Crippen molar-refractivity contribution in [2.45, 2.75) is 13.8 Å². The summed E-state index contributed by atoms with van der Waals surface area (Å²) in [6, 6.07) is 11.7. The summed E-state index contributed by atoms with van der Waals surface area (Å²) in [4.78, 5) is 48.3. The molecule has 3 aromatic rings. The molecule has 0 atom stereocenters. The Hall–Kier alpha value is -4.18. The highest BCUT2D eigenvalue weighted by Crippen LogP contribution is 2.38. The first kappa shape index (κ1) is 22.0.